The van der Waals surface area contributed by atoms with Crippen LogP contribution in [0.4, 0.5) is 5.69 Å². The number of imidazole rings is 1. The van der Waals surface area contributed by atoms with Gasteiger partial charge in [0, 0.05) is 23.7 Å². The summed E-state index contributed by atoms with van der Waals surface area (Å²) in [4.78, 5) is 28.5. The average Bonchev–Trinajstić information content (AvgIpc) is 3.26. The Bertz CT molecular complexity index is 1280. The third-order valence-electron chi connectivity index (χ3n) is 3.72. The SMILES string of the molecule is O=C(NS(=O)(=O)Cc1ccc([N+](=O)[O-])cc1)c1cc2c(nc3sccn32)s1. The number of carbonyl (C=O) groups excluding carboxylic acids is 1. The first-order chi connectivity index (χ1) is 12.8. The Morgan fingerprint density at radius 2 is 2.04 bits per heavy atom. The number of thiazole rings is 1. The zero-order valence-electron chi connectivity index (χ0n) is 13.4. The highest BCUT2D eigenvalue weighted by molar-refractivity contribution is 7.89. The van der Waals surface area contributed by atoms with Gasteiger partial charge in [0.15, 0.2) is 4.96 Å². The number of thiophene rings is 1. The minimum absolute atomic E-state index is 0.137. The third-order valence-corrected chi connectivity index (χ3v) is 6.70. The van der Waals surface area contributed by atoms with Crippen molar-refractivity contribution in [2.45, 2.75) is 5.75 Å². The number of nitrogens with zero attached hydrogens (tertiary/aromatic N) is 3. The molecule has 0 atom stereocenters. The van der Waals surface area contributed by atoms with E-state index in [4.69, 9.17) is 0 Å². The summed E-state index contributed by atoms with van der Waals surface area (Å²) in [5, 5.41) is 12.5. The summed E-state index contributed by atoms with van der Waals surface area (Å²) < 4.78 is 28.4. The second-order valence-corrected chi connectivity index (χ2v) is 9.21. The molecular weight excluding hydrogens is 412 g/mol. The number of hydrogen-bond donors (Lipinski definition) is 1. The van der Waals surface area contributed by atoms with E-state index >= 15 is 0 Å². The number of benzene rings is 1. The zero-order valence-corrected chi connectivity index (χ0v) is 15.8. The van der Waals surface area contributed by atoms with Crippen molar-refractivity contribution in [1.29, 1.82) is 0 Å². The smallest absolute Gasteiger partial charge is 0.274 e. The largest absolute Gasteiger partial charge is 0.289 e. The quantitative estimate of drug-likeness (QED) is 0.390. The number of hydrogen-bond acceptors (Lipinski definition) is 8. The normalized spacial score (nSPS) is 11.9. The fourth-order valence-electron chi connectivity index (χ4n) is 2.52. The molecule has 0 saturated carbocycles. The predicted molar refractivity (Wildman–Crippen MR) is 102 cm³/mol. The van der Waals surface area contributed by atoms with Crippen molar-refractivity contribution in [2.75, 3.05) is 0 Å². The molecule has 4 aromatic rings. The molecule has 1 aromatic carbocycles. The van der Waals surface area contributed by atoms with Crippen LogP contribution in [0.15, 0.2) is 41.9 Å². The van der Waals surface area contributed by atoms with Gasteiger partial charge in [0.1, 0.15) is 4.83 Å². The molecule has 0 aliphatic heterocycles. The van der Waals surface area contributed by atoms with Gasteiger partial charge in [0.2, 0.25) is 10.0 Å². The number of non-ortho nitro benzene ring substituents is 1. The number of aromatic nitrogens is 2. The van der Waals surface area contributed by atoms with E-state index in [-0.39, 0.29) is 10.6 Å². The van der Waals surface area contributed by atoms with Gasteiger partial charge in [-0.1, -0.05) is 12.1 Å². The maximum atomic E-state index is 12.3. The molecule has 0 spiro atoms. The first-order valence-electron chi connectivity index (χ1n) is 7.46. The first kappa shape index (κ1) is 17.6. The van der Waals surface area contributed by atoms with Crippen LogP contribution >= 0.6 is 22.7 Å². The molecule has 0 radical (unpaired) electrons. The van der Waals surface area contributed by atoms with Gasteiger partial charge in [0.05, 0.1) is 21.1 Å². The van der Waals surface area contributed by atoms with Crippen molar-refractivity contribution in [3.05, 3.63) is 62.5 Å². The second kappa shape index (κ2) is 6.40. The average molecular weight is 422 g/mol. The van der Waals surface area contributed by atoms with Crippen LogP contribution in [0.3, 0.4) is 0 Å². The Morgan fingerprint density at radius 3 is 2.74 bits per heavy atom. The van der Waals surface area contributed by atoms with E-state index in [1.807, 2.05) is 20.7 Å². The minimum Gasteiger partial charge on any atom is -0.289 e. The molecule has 1 N–H and O–H groups in total. The van der Waals surface area contributed by atoms with Crippen molar-refractivity contribution >= 4 is 59.6 Å². The van der Waals surface area contributed by atoms with Crippen molar-refractivity contribution in [2.24, 2.45) is 0 Å². The number of nitro benzene ring substituents is 1. The van der Waals surface area contributed by atoms with Crippen LogP contribution in [0.2, 0.25) is 0 Å². The van der Waals surface area contributed by atoms with Crippen LogP contribution in [-0.4, -0.2) is 28.6 Å². The fourth-order valence-corrected chi connectivity index (χ4v) is 5.38. The number of rotatable bonds is 5. The molecular formula is C15H10N4O5S3. The summed E-state index contributed by atoms with van der Waals surface area (Å²) >= 11 is 2.58. The van der Waals surface area contributed by atoms with Crippen molar-refractivity contribution in [3.63, 3.8) is 0 Å². The van der Waals surface area contributed by atoms with Gasteiger partial charge in [-0.2, -0.15) is 0 Å². The summed E-state index contributed by atoms with van der Waals surface area (Å²) in [6.07, 6.45) is 1.83. The summed E-state index contributed by atoms with van der Waals surface area (Å²) in [5.41, 5.74) is 0.944. The zero-order chi connectivity index (χ0) is 19.2. The number of nitrogens with one attached hydrogen (secondary N) is 1. The minimum atomic E-state index is -3.96. The van der Waals surface area contributed by atoms with Crippen molar-refractivity contribution in [3.8, 4) is 0 Å². The van der Waals surface area contributed by atoms with E-state index in [2.05, 4.69) is 4.98 Å². The van der Waals surface area contributed by atoms with E-state index in [0.29, 0.717) is 10.4 Å². The standard InChI is InChI=1S/C15H10N4O5S3/c20-13(12-7-11-14(26-12)16-15-18(11)5-6-25-15)17-27(23,24)8-9-1-3-10(4-2-9)19(21)22/h1-7H,8H2,(H,17,20). The lowest BCUT2D eigenvalue weighted by atomic mass is 10.2. The topological polar surface area (TPSA) is 124 Å². The molecule has 9 nitrogen and oxygen atoms in total. The Hall–Kier alpha value is -2.83. The van der Waals surface area contributed by atoms with Crippen LogP contribution in [0.1, 0.15) is 15.2 Å². The Balaban J connectivity index is 1.52. The summed E-state index contributed by atoms with van der Waals surface area (Å²) in [5.74, 6) is -1.20. The van der Waals surface area contributed by atoms with E-state index in [1.54, 1.807) is 6.07 Å². The highest BCUT2D eigenvalue weighted by Gasteiger charge is 2.21. The summed E-state index contributed by atoms with van der Waals surface area (Å²) in [6.45, 7) is 0. The van der Waals surface area contributed by atoms with Crippen LogP contribution in [-0.2, 0) is 15.8 Å². The molecule has 12 heteroatoms. The van der Waals surface area contributed by atoms with Crippen molar-refractivity contribution in [1.82, 2.24) is 14.1 Å². The van der Waals surface area contributed by atoms with Crippen molar-refractivity contribution < 1.29 is 18.1 Å². The molecule has 0 bridgehead atoms. The molecule has 0 aliphatic carbocycles. The monoisotopic (exact) mass is 422 g/mol. The Kier molecular flexibility index (Phi) is 4.17. The van der Waals surface area contributed by atoms with Gasteiger partial charge < -0.3 is 0 Å². The molecule has 0 aliphatic rings. The molecule has 1 amide bonds. The molecule has 3 heterocycles. The second-order valence-electron chi connectivity index (χ2n) is 5.58. The lowest BCUT2D eigenvalue weighted by molar-refractivity contribution is -0.384. The van der Waals surface area contributed by atoms with Crippen LogP contribution in [0.25, 0.3) is 15.3 Å². The van der Waals surface area contributed by atoms with E-state index in [0.717, 1.165) is 21.8 Å². The lowest BCUT2D eigenvalue weighted by Gasteiger charge is -2.05. The van der Waals surface area contributed by atoms with Gasteiger partial charge in [0.25, 0.3) is 11.6 Å². The third kappa shape index (κ3) is 3.41. The van der Waals surface area contributed by atoms with Crippen LogP contribution in [0.5, 0.6) is 0 Å². The van der Waals surface area contributed by atoms with Gasteiger partial charge in [-0.15, -0.1) is 22.7 Å². The number of fused-ring (bicyclic) bond motifs is 3. The van der Waals surface area contributed by atoms with Gasteiger partial charge in [-0.3, -0.25) is 19.3 Å². The summed E-state index contributed by atoms with van der Waals surface area (Å²) in [6, 6.07) is 6.72. The molecule has 138 valence electrons. The Labute approximate surface area is 160 Å². The number of carbonyl (C=O) groups is 1. The van der Waals surface area contributed by atoms with Gasteiger partial charge in [-0.25, -0.2) is 18.1 Å². The van der Waals surface area contributed by atoms with Gasteiger partial charge in [-0.05, 0) is 11.6 Å². The highest BCUT2D eigenvalue weighted by Crippen LogP contribution is 2.28. The number of amides is 1. The maximum absolute atomic E-state index is 12.3. The molecule has 0 unspecified atom stereocenters. The first-order valence-corrected chi connectivity index (χ1v) is 10.8. The van der Waals surface area contributed by atoms with Crippen LogP contribution in [0, 0.1) is 10.1 Å². The van der Waals surface area contributed by atoms with E-state index in [9.17, 15) is 23.3 Å². The molecule has 27 heavy (non-hydrogen) atoms. The predicted octanol–water partition coefficient (Wildman–Crippen LogP) is 2.78. The fraction of sp³-hybridized carbons (Fsp3) is 0.0667. The molecule has 4 rings (SSSR count). The number of nitro groups is 1. The molecule has 0 fully saturated rings. The van der Waals surface area contributed by atoms with E-state index in [1.165, 1.54) is 35.6 Å². The summed E-state index contributed by atoms with van der Waals surface area (Å²) in [7, 11) is -3.96. The Morgan fingerprint density at radius 1 is 1.30 bits per heavy atom. The van der Waals surface area contributed by atoms with Crippen LogP contribution < -0.4 is 4.72 Å². The van der Waals surface area contributed by atoms with E-state index < -0.39 is 26.6 Å². The van der Waals surface area contributed by atoms with Gasteiger partial charge >= 0.3 is 0 Å². The number of sulfonamides is 1. The lowest BCUT2D eigenvalue weighted by Crippen LogP contribution is -2.31. The maximum Gasteiger partial charge on any atom is 0.274 e. The highest BCUT2D eigenvalue weighted by atomic mass is 32.2. The molecule has 0 saturated heterocycles. The molecule has 3 aromatic heterocycles.